The van der Waals surface area contributed by atoms with Gasteiger partial charge in [0.2, 0.25) is 0 Å². The molecular formula is C21H22BrClN2O2. The minimum absolute atomic E-state index is 0.0885. The van der Waals surface area contributed by atoms with Crippen LogP contribution in [-0.2, 0) is 6.54 Å². The summed E-state index contributed by atoms with van der Waals surface area (Å²) >= 11 is 9.62. The summed E-state index contributed by atoms with van der Waals surface area (Å²) < 4.78 is 6.11. The summed E-state index contributed by atoms with van der Waals surface area (Å²) in [5.74, 6) is 0.786. The van der Waals surface area contributed by atoms with Crippen LogP contribution in [0.3, 0.4) is 0 Å². The number of carbonyl (C=O) groups is 1. The predicted octanol–water partition coefficient (Wildman–Crippen LogP) is 4.65. The molecule has 0 aromatic heterocycles. The maximum atomic E-state index is 12.7. The summed E-state index contributed by atoms with van der Waals surface area (Å²) in [5.41, 5.74) is 1.81. The van der Waals surface area contributed by atoms with Gasteiger partial charge in [-0.2, -0.15) is 0 Å². The number of halogens is 2. The fourth-order valence-corrected chi connectivity index (χ4v) is 5.12. The molecule has 4 rings (SSSR count). The van der Waals surface area contributed by atoms with Crippen LogP contribution in [-0.4, -0.2) is 36.0 Å². The van der Waals surface area contributed by atoms with Crippen LogP contribution in [0.25, 0.3) is 0 Å². The van der Waals surface area contributed by atoms with E-state index in [1.165, 1.54) is 12.0 Å². The van der Waals surface area contributed by atoms with Crippen molar-refractivity contribution in [2.45, 2.75) is 43.9 Å². The zero-order valence-corrected chi connectivity index (χ0v) is 17.5. The molecule has 27 heavy (non-hydrogen) atoms. The molecule has 2 fully saturated rings. The van der Waals surface area contributed by atoms with Crippen molar-refractivity contribution in [3.8, 4) is 5.75 Å². The number of nitrogens with one attached hydrogen (secondary N) is 1. The molecule has 6 heteroatoms. The monoisotopic (exact) mass is 448 g/mol. The molecule has 0 saturated carbocycles. The van der Waals surface area contributed by atoms with Gasteiger partial charge >= 0.3 is 0 Å². The number of benzene rings is 2. The van der Waals surface area contributed by atoms with Crippen LogP contribution >= 0.6 is 27.5 Å². The Morgan fingerprint density at radius 3 is 2.74 bits per heavy atom. The molecule has 2 saturated heterocycles. The summed E-state index contributed by atoms with van der Waals surface area (Å²) in [6.07, 6.45) is 3.33. The number of hydrogen-bond donors (Lipinski definition) is 1. The lowest BCUT2D eigenvalue weighted by Crippen LogP contribution is -2.43. The molecule has 1 amide bonds. The van der Waals surface area contributed by atoms with Gasteiger partial charge in [0.25, 0.3) is 5.91 Å². The lowest BCUT2D eigenvalue weighted by molar-refractivity contribution is 0.0925. The first-order valence-corrected chi connectivity index (χ1v) is 10.4. The standard InChI is InChI=1S/C21H22BrClN2O2/c1-27-16-6-2-13(3-7-16)12-25-15-5-9-20(25)19(11-15)24-21(26)17-8-4-14(22)10-18(17)23/h2-4,6-8,10,15,19-20H,5,9,11-12H2,1H3,(H,24,26)/t15-,19+,20+/m0/s1. The minimum atomic E-state index is -0.0885. The van der Waals surface area contributed by atoms with Crippen molar-refractivity contribution in [1.82, 2.24) is 10.2 Å². The Labute approximate surface area is 173 Å². The highest BCUT2D eigenvalue weighted by Gasteiger charge is 2.46. The van der Waals surface area contributed by atoms with Gasteiger partial charge in [0.15, 0.2) is 0 Å². The van der Waals surface area contributed by atoms with Gasteiger partial charge in [-0.25, -0.2) is 0 Å². The van der Waals surface area contributed by atoms with Crippen LogP contribution in [0, 0.1) is 0 Å². The topological polar surface area (TPSA) is 41.6 Å². The number of ether oxygens (including phenoxy) is 1. The Kier molecular flexibility index (Phi) is 5.44. The van der Waals surface area contributed by atoms with E-state index >= 15 is 0 Å². The van der Waals surface area contributed by atoms with Crippen LogP contribution in [0.15, 0.2) is 46.9 Å². The molecule has 4 nitrogen and oxygen atoms in total. The number of hydrogen-bond acceptors (Lipinski definition) is 3. The van der Waals surface area contributed by atoms with Crippen LogP contribution in [0.5, 0.6) is 5.75 Å². The van der Waals surface area contributed by atoms with E-state index in [4.69, 9.17) is 16.3 Å². The SMILES string of the molecule is COc1ccc(CN2[C@H]3CC[C@@H]2[C@H](NC(=O)c2ccc(Br)cc2Cl)C3)cc1. The van der Waals surface area contributed by atoms with E-state index in [-0.39, 0.29) is 11.9 Å². The van der Waals surface area contributed by atoms with Gasteiger partial charge in [0.05, 0.1) is 17.7 Å². The maximum Gasteiger partial charge on any atom is 0.253 e. The van der Waals surface area contributed by atoms with Gasteiger partial charge in [-0.3, -0.25) is 9.69 Å². The van der Waals surface area contributed by atoms with Crippen molar-refractivity contribution in [2.24, 2.45) is 0 Å². The van der Waals surface area contributed by atoms with Gasteiger partial charge in [-0.15, -0.1) is 0 Å². The maximum absolute atomic E-state index is 12.7. The lowest BCUT2D eigenvalue weighted by Gasteiger charge is -2.25. The smallest absolute Gasteiger partial charge is 0.253 e. The Morgan fingerprint density at radius 1 is 1.26 bits per heavy atom. The molecule has 2 aliphatic rings. The Bertz CT molecular complexity index is 843. The molecule has 0 aliphatic carbocycles. The van der Waals surface area contributed by atoms with Crippen molar-refractivity contribution >= 4 is 33.4 Å². The zero-order valence-electron chi connectivity index (χ0n) is 15.1. The average molecular weight is 450 g/mol. The summed E-state index contributed by atoms with van der Waals surface area (Å²) in [4.78, 5) is 15.2. The number of nitrogens with zero attached hydrogens (tertiary/aromatic N) is 1. The predicted molar refractivity (Wildman–Crippen MR) is 110 cm³/mol. The van der Waals surface area contributed by atoms with Gasteiger partial charge in [-0.05, 0) is 55.2 Å². The fraction of sp³-hybridized carbons (Fsp3) is 0.381. The summed E-state index contributed by atoms with van der Waals surface area (Å²) in [6, 6.07) is 14.7. The Hall–Kier alpha value is -1.56. The van der Waals surface area contributed by atoms with E-state index in [9.17, 15) is 4.79 Å². The van der Waals surface area contributed by atoms with E-state index in [0.29, 0.717) is 22.7 Å². The normalized spacial score (nSPS) is 24.2. The van der Waals surface area contributed by atoms with Crippen LogP contribution in [0.2, 0.25) is 5.02 Å². The highest BCUT2D eigenvalue weighted by atomic mass is 79.9. The molecule has 2 aromatic rings. The second-order valence-electron chi connectivity index (χ2n) is 7.26. The first kappa shape index (κ1) is 18.8. The van der Waals surface area contributed by atoms with Gasteiger partial charge in [0, 0.05) is 29.1 Å². The van der Waals surface area contributed by atoms with Crippen LogP contribution < -0.4 is 10.1 Å². The molecule has 2 bridgehead atoms. The van der Waals surface area contributed by atoms with Crippen molar-refractivity contribution in [3.05, 3.63) is 63.1 Å². The fourth-order valence-electron chi connectivity index (χ4n) is 4.36. The van der Waals surface area contributed by atoms with Gasteiger partial charge in [-0.1, -0.05) is 39.7 Å². The molecule has 142 valence electrons. The second-order valence-corrected chi connectivity index (χ2v) is 8.58. The molecule has 2 aliphatic heterocycles. The third-order valence-corrected chi connectivity index (χ3v) is 6.50. The Balaban J connectivity index is 1.43. The lowest BCUT2D eigenvalue weighted by atomic mass is 9.95. The number of fused-ring (bicyclic) bond motifs is 2. The molecule has 0 spiro atoms. The first-order valence-electron chi connectivity index (χ1n) is 9.20. The molecule has 3 atom stereocenters. The van der Waals surface area contributed by atoms with Crippen molar-refractivity contribution < 1.29 is 9.53 Å². The van der Waals surface area contributed by atoms with E-state index in [1.54, 1.807) is 19.2 Å². The molecular weight excluding hydrogens is 428 g/mol. The molecule has 2 aromatic carbocycles. The molecule has 0 radical (unpaired) electrons. The van der Waals surface area contributed by atoms with Gasteiger partial charge < -0.3 is 10.1 Å². The minimum Gasteiger partial charge on any atom is -0.497 e. The molecule has 1 N–H and O–H groups in total. The van der Waals surface area contributed by atoms with Gasteiger partial charge in [0.1, 0.15) is 5.75 Å². The summed E-state index contributed by atoms with van der Waals surface area (Å²) in [7, 11) is 1.68. The molecule has 2 heterocycles. The highest BCUT2D eigenvalue weighted by molar-refractivity contribution is 9.10. The average Bonchev–Trinajstić information content (AvgIpc) is 3.18. The second kappa shape index (κ2) is 7.82. The number of carbonyl (C=O) groups excluding carboxylic acids is 1. The Morgan fingerprint density at radius 2 is 2.04 bits per heavy atom. The largest absolute Gasteiger partial charge is 0.497 e. The molecule has 0 unspecified atom stereocenters. The van der Waals surface area contributed by atoms with E-state index in [0.717, 1.165) is 29.6 Å². The highest BCUT2D eigenvalue weighted by Crippen LogP contribution is 2.39. The number of rotatable bonds is 5. The third-order valence-electron chi connectivity index (χ3n) is 5.70. The summed E-state index contributed by atoms with van der Waals surface area (Å²) in [5, 5.41) is 3.69. The van der Waals surface area contributed by atoms with E-state index < -0.39 is 0 Å². The van der Waals surface area contributed by atoms with E-state index in [1.807, 2.05) is 18.2 Å². The quantitative estimate of drug-likeness (QED) is 0.722. The van der Waals surface area contributed by atoms with Crippen molar-refractivity contribution in [1.29, 1.82) is 0 Å². The van der Waals surface area contributed by atoms with Crippen molar-refractivity contribution in [3.63, 3.8) is 0 Å². The number of amides is 1. The first-order chi connectivity index (χ1) is 13.0. The third kappa shape index (κ3) is 3.86. The van der Waals surface area contributed by atoms with Crippen LogP contribution in [0.4, 0.5) is 0 Å². The van der Waals surface area contributed by atoms with Crippen molar-refractivity contribution in [2.75, 3.05) is 7.11 Å². The summed E-state index contributed by atoms with van der Waals surface area (Å²) in [6.45, 7) is 0.907. The van der Waals surface area contributed by atoms with E-state index in [2.05, 4.69) is 38.3 Å². The van der Waals surface area contributed by atoms with Crippen LogP contribution in [0.1, 0.15) is 35.2 Å². The number of methoxy groups -OCH3 is 1. The zero-order chi connectivity index (χ0) is 19.0.